The second-order valence-corrected chi connectivity index (χ2v) is 4.94. The molecule has 20 heavy (non-hydrogen) atoms. The Morgan fingerprint density at radius 2 is 1.65 bits per heavy atom. The molecule has 0 saturated heterocycles. The number of ketones is 1. The molecule has 1 aliphatic carbocycles. The minimum Gasteiger partial charge on any atom is -0.338 e. The van der Waals surface area contributed by atoms with Crippen molar-refractivity contribution in [2.75, 3.05) is 0 Å². The highest BCUT2D eigenvalue weighted by molar-refractivity contribution is 5.98. The summed E-state index contributed by atoms with van der Waals surface area (Å²) >= 11 is 0. The first-order valence-electron chi connectivity index (χ1n) is 6.72. The van der Waals surface area contributed by atoms with Crippen LogP contribution in [0.25, 0.3) is 0 Å². The summed E-state index contributed by atoms with van der Waals surface area (Å²) in [6, 6.07) is 16.3. The minimum atomic E-state index is -0.521. The van der Waals surface area contributed by atoms with Crippen molar-refractivity contribution in [1.29, 1.82) is 0 Å². The molecule has 1 amide bonds. The van der Waals surface area contributed by atoms with E-state index in [9.17, 15) is 9.59 Å². The van der Waals surface area contributed by atoms with Crippen LogP contribution in [0, 0.1) is 0 Å². The molecule has 100 valence electrons. The molecule has 0 bridgehead atoms. The van der Waals surface area contributed by atoms with Gasteiger partial charge in [0.1, 0.15) is 6.04 Å². The van der Waals surface area contributed by atoms with Gasteiger partial charge in [-0.2, -0.15) is 0 Å². The third-order valence-electron chi connectivity index (χ3n) is 3.64. The van der Waals surface area contributed by atoms with E-state index in [0.717, 1.165) is 17.5 Å². The number of aryl methyl sites for hydroxylation is 1. The summed E-state index contributed by atoms with van der Waals surface area (Å²) in [5, 5.41) is 2.85. The molecule has 1 aliphatic rings. The number of rotatable bonds is 2. The molecule has 0 aliphatic heterocycles. The molecule has 0 saturated carbocycles. The van der Waals surface area contributed by atoms with Gasteiger partial charge in [0.15, 0.2) is 5.78 Å². The number of Topliss-reactive ketones (excluding diaryl/α,β-unsaturated/α-hetero) is 1. The fourth-order valence-electron chi connectivity index (χ4n) is 2.58. The summed E-state index contributed by atoms with van der Waals surface area (Å²) in [4.78, 5) is 24.3. The smallest absolute Gasteiger partial charge is 0.252 e. The van der Waals surface area contributed by atoms with Gasteiger partial charge in [0.05, 0.1) is 0 Å². The Morgan fingerprint density at radius 3 is 2.45 bits per heavy atom. The largest absolute Gasteiger partial charge is 0.338 e. The van der Waals surface area contributed by atoms with Gasteiger partial charge in [-0.3, -0.25) is 9.59 Å². The maximum atomic E-state index is 12.2. The maximum Gasteiger partial charge on any atom is 0.252 e. The highest BCUT2D eigenvalue weighted by Crippen LogP contribution is 2.27. The second kappa shape index (κ2) is 5.29. The molecular weight excluding hydrogens is 250 g/mol. The van der Waals surface area contributed by atoms with Crippen LogP contribution in [0.1, 0.15) is 33.9 Å². The minimum absolute atomic E-state index is 0.0768. The number of fused-ring (bicyclic) bond motifs is 1. The molecule has 0 aromatic heterocycles. The van der Waals surface area contributed by atoms with E-state index in [4.69, 9.17) is 0 Å². The topological polar surface area (TPSA) is 46.2 Å². The number of carbonyl (C=O) groups excluding carboxylic acids is 2. The summed E-state index contributed by atoms with van der Waals surface area (Å²) < 4.78 is 0. The average molecular weight is 265 g/mol. The van der Waals surface area contributed by atoms with E-state index in [1.165, 1.54) is 0 Å². The van der Waals surface area contributed by atoms with Gasteiger partial charge in [-0.25, -0.2) is 0 Å². The second-order valence-electron chi connectivity index (χ2n) is 4.94. The Balaban J connectivity index is 1.87. The molecule has 3 heteroatoms. The van der Waals surface area contributed by atoms with Crippen LogP contribution in [-0.4, -0.2) is 11.7 Å². The van der Waals surface area contributed by atoms with Crippen LogP contribution in [-0.2, 0) is 11.2 Å². The molecule has 0 heterocycles. The van der Waals surface area contributed by atoms with Crippen molar-refractivity contribution in [3.63, 3.8) is 0 Å². The van der Waals surface area contributed by atoms with Crippen molar-refractivity contribution in [2.24, 2.45) is 0 Å². The lowest BCUT2D eigenvalue weighted by molar-refractivity contribution is -0.121. The normalized spacial score (nSPS) is 17.4. The van der Waals surface area contributed by atoms with Crippen LogP contribution in [0.15, 0.2) is 54.6 Å². The highest BCUT2D eigenvalue weighted by Gasteiger charge is 2.28. The summed E-state index contributed by atoms with van der Waals surface area (Å²) in [5.74, 6) is -0.131. The first-order chi connectivity index (χ1) is 9.75. The number of nitrogens with one attached hydrogen (secondary N) is 1. The quantitative estimate of drug-likeness (QED) is 0.907. The van der Waals surface area contributed by atoms with Gasteiger partial charge in [-0.05, 0) is 29.7 Å². The van der Waals surface area contributed by atoms with Crippen molar-refractivity contribution >= 4 is 11.7 Å². The zero-order chi connectivity index (χ0) is 13.9. The van der Waals surface area contributed by atoms with Gasteiger partial charge in [0.2, 0.25) is 0 Å². The van der Waals surface area contributed by atoms with Gasteiger partial charge in [0, 0.05) is 12.0 Å². The SMILES string of the molecule is O=C(NC1C(=O)CCc2ccccc21)c1ccccc1. The van der Waals surface area contributed by atoms with Gasteiger partial charge in [-0.1, -0.05) is 42.5 Å². The summed E-state index contributed by atoms with van der Waals surface area (Å²) in [6.07, 6.45) is 1.24. The molecule has 3 nitrogen and oxygen atoms in total. The molecule has 1 atom stereocenters. The van der Waals surface area contributed by atoms with Crippen LogP contribution in [0.2, 0.25) is 0 Å². The Hall–Kier alpha value is -2.42. The zero-order valence-electron chi connectivity index (χ0n) is 11.0. The van der Waals surface area contributed by atoms with Gasteiger partial charge in [0.25, 0.3) is 5.91 Å². The lowest BCUT2D eigenvalue weighted by atomic mass is 9.86. The Morgan fingerprint density at radius 1 is 0.950 bits per heavy atom. The Bertz CT molecular complexity index is 649. The fourth-order valence-corrected chi connectivity index (χ4v) is 2.58. The summed E-state index contributed by atoms with van der Waals surface area (Å²) in [7, 11) is 0. The predicted octanol–water partition coefficient (Wildman–Crippen LogP) is 2.67. The van der Waals surface area contributed by atoms with E-state index < -0.39 is 6.04 Å². The summed E-state index contributed by atoms with van der Waals surface area (Å²) in [6.45, 7) is 0. The third-order valence-corrected chi connectivity index (χ3v) is 3.64. The van der Waals surface area contributed by atoms with E-state index in [2.05, 4.69) is 5.32 Å². The Kier molecular flexibility index (Phi) is 3.33. The van der Waals surface area contributed by atoms with E-state index in [-0.39, 0.29) is 11.7 Å². The molecular formula is C17H15NO2. The van der Waals surface area contributed by atoms with Crippen molar-refractivity contribution in [2.45, 2.75) is 18.9 Å². The molecule has 0 radical (unpaired) electrons. The van der Waals surface area contributed by atoms with E-state index in [1.807, 2.05) is 42.5 Å². The van der Waals surface area contributed by atoms with Crippen molar-refractivity contribution in [3.05, 3.63) is 71.3 Å². The van der Waals surface area contributed by atoms with Crippen molar-refractivity contribution in [1.82, 2.24) is 5.32 Å². The van der Waals surface area contributed by atoms with Crippen molar-refractivity contribution in [3.8, 4) is 0 Å². The molecule has 3 rings (SSSR count). The first kappa shape index (κ1) is 12.6. The highest BCUT2D eigenvalue weighted by atomic mass is 16.2. The monoisotopic (exact) mass is 265 g/mol. The van der Waals surface area contributed by atoms with Gasteiger partial charge in [-0.15, -0.1) is 0 Å². The number of carbonyl (C=O) groups is 2. The molecule has 1 N–H and O–H groups in total. The van der Waals surface area contributed by atoms with E-state index in [0.29, 0.717) is 12.0 Å². The van der Waals surface area contributed by atoms with Crippen LogP contribution in [0.3, 0.4) is 0 Å². The first-order valence-corrected chi connectivity index (χ1v) is 6.72. The predicted molar refractivity (Wildman–Crippen MR) is 76.4 cm³/mol. The maximum absolute atomic E-state index is 12.2. The zero-order valence-corrected chi connectivity index (χ0v) is 11.0. The van der Waals surface area contributed by atoms with Crippen LogP contribution in [0.5, 0.6) is 0 Å². The fraction of sp³-hybridized carbons (Fsp3) is 0.176. The van der Waals surface area contributed by atoms with Crippen molar-refractivity contribution < 1.29 is 9.59 Å². The molecule has 2 aromatic carbocycles. The number of hydrogen-bond donors (Lipinski definition) is 1. The third kappa shape index (κ3) is 2.35. The average Bonchev–Trinajstić information content (AvgIpc) is 2.51. The van der Waals surface area contributed by atoms with E-state index >= 15 is 0 Å². The molecule has 0 fully saturated rings. The lowest BCUT2D eigenvalue weighted by Crippen LogP contribution is -2.36. The van der Waals surface area contributed by atoms with Crippen LogP contribution in [0.4, 0.5) is 0 Å². The number of hydrogen-bond acceptors (Lipinski definition) is 2. The standard InChI is InChI=1S/C17H15NO2/c19-15-11-10-12-6-4-5-9-14(12)16(15)18-17(20)13-7-2-1-3-8-13/h1-9,16H,10-11H2,(H,18,20). The number of amides is 1. The van der Waals surface area contributed by atoms with Gasteiger partial charge >= 0.3 is 0 Å². The molecule has 0 spiro atoms. The molecule has 1 unspecified atom stereocenters. The van der Waals surface area contributed by atoms with Crippen LogP contribution >= 0.6 is 0 Å². The number of benzene rings is 2. The Labute approximate surface area is 117 Å². The van der Waals surface area contributed by atoms with Gasteiger partial charge < -0.3 is 5.32 Å². The van der Waals surface area contributed by atoms with Crippen LogP contribution < -0.4 is 5.32 Å². The summed E-state index contributed by atoms with van der Waals surface area (Å²) in [5.41, 5.74) is 2.64. The van der Waals surface area contributed by atoms with E-state index in [1.54, 1.807) is 12.1 Å². The lowest BCUT2D eigenvalue weighted by Gasteiger charge is -2.25. The molecule has 2 aromatic rings.